The fourth-order valence-corrected chi connectivity index (χ4v) is 4.81. The summed E-state index contributed by atoms with van der Waals surface area (Å²) in [5.41, 5.74) is 2.12. The summed E-state index contributed by atoms with van der Waals surface area (Å²) in [6.45, 7) is 8.77. The molecule has 3 aliphatic rings. The van der Waals surface area contributed by atoms with Gasteiger partial charge in [0.25, 0.3) is 0 Å². The molecule has 2 amide bonds. The summed E-state index contributed by atoms with van der Waals surface area (Å²) in [5, 5.41) is 3.00. The number of hydrogen-bond acceptors (Lipinski definition) is 8. The zero-order valence-corrected chi connectivity index (χ0v) is 21.3. The summed E-state index contributed by atoms with van der Waals surface area (Å²) in [6, 6.07) is 9.13. The van der Waals surface area contributed by atoms with E-state index in [4.69, 9.17) is 23.7 Å². The van der Waals surface area contributed by atoms with E-state index in [0.29, 0.717) is 74.0 Å². The predicted octanol–water partition coefficient (Wildman–Crippen LogP) is 3.08. The third-order valence-corrected chi connectivity index (χ3v) is 6.60. The number of benzene rings is 2. The van der Waals surface area contributed by atoms with E-state index in [1.165, 1.54) is 0 Å². The Morgan fingerprint density at radius 2 is 1.70 bits per heavy atom. The highest BCUT2D eigenvalue weighted by atomic mass is 16.6. The first kappa shape index (κ1) is 25.0. The van der Waals surface area contributed by atoms with Crippen molar-refractivity contribution >= 4 is 28.9 Å². The second kappa shape index (κ2) is 11.2. The Balaban J connectivity index is 1.34. The molecule has 0 aliphatic carbocycles. The zero-order valence-electron chi connectivity index (χ0n) is 21.3. The van der Waals surface area contributed by atoms with Gasteiger partial charge in [-0.05, 0) is 26.0 Å². The normalized spacial score (nSPS) is 19.1. The topological polar surface area (TPSA) is 98.8 Å². The summed E-state index contributed by atoms with van der Waals surface area (Å²) in [4.78, 5) is 30.0. The van der Waals surface area contributed by atoms with Gasteiger partial charge in [-0.1, -0.05) is 0 Å². The Kier molecular flexibility index (Phi) is 7.55. The molecule has 1 atom stereocenters. The van der Waals surface area contributed by atoms with Gasteiger partial charge in [0.1, 0.15) is 24.7 Å². The lowest BCUT2D eigenvalue weighted by molar-refractivity contribution is -0.122. The van der Waals surface area contributed by atoms with Gasteiger partial charge in [-0.15, -0.1) is 0 Å². The molecule has 198 valence electrons. The molecule has 0 saturated carbocycles. The van der Waals surface area contributed by atoms with Crippen molar-refractivity contribution in [2.24, 2.45) is 5.92 Å². The van der Waals surface area contributed by atoms with Crippen LogP contribution in [0.2, 0.25) is 0 Å². The first-order chi connectivity index (χ1) is 18.1. The van der Waals surface area contributed by atoms with Gasteiger partial charge in [0.2, 0.25) is 11.8 Å². The molecular formula is C27H33N3O7. The van der Waals surface area contributed by atoms with Gasteiger partial charge in [-0.3, -0.25) is 9.59 Å². The van der Waals surface area contributed by atoms with E-state index in [1.807, 2.05) is 32.0 Å². The monoisotopic (exact) mass is 511 g/mol. The number of carbonyl (C=O) groups is 2. The molecule has 0 unspecified atom stereocenters. The average molecular weight is 512 g/mol. The smallest absolute Gasteiger partial charge is 0.229 e. The number of nitrogens with zero attached hydrogens (tertiary/aromatic N) is 2. The van der Waals surface area contributed by atoms with E-state index in [0.717, 1.165) is 18.8 Å². The van der Waals surface area contributed by atoms with Gasteiger partial charge in [-0.25, -0.2) is 0 Å². The minimum absolute atomic E-state index is 0.112. The Morgan fingerprint density at radius 1 is 0.973 bits per heavy atom. The molecule has 5 rings (SSSR count). The Morgan fingerprint density at radius 3 is 2.46 bits per heavy atom. The Hall–Kier alpha value is -3.66. The third kappa shape index (κ3) is 5.39. The SMILES string of the molecule is CCOc1cc(N2CCOCC2)c(OCC)cc1NC(=O)[C@H]1CC(=O)N(c2ccc3c(c2)OCCO3)C1. The summed E-state index contributed by atoms with van der Waals surface area (Å²) in [6.07, 6.45) is 0.119. The number of amides is 2. The van der Waals surface area contributed by atoms with Crippen LogP contribution in [0.1, 0.15) is 20.3 Å². The summed E-state index contributed by atoms with van der Waals surface area (Å²) >= 11 is 0. The maximum absolute atomic E-state index is 13.3. The van der Waals surface area contributed by atoms with Gasteiger partial charge in [0.05, 0.1) is 43.7 Å². The molecule has 0 aromatic heterocycles. The van der Waals surface area contributed by atoms with Crippen molar-refractivity contribution in [3.8, 4) is 23.0 Å². The second-order valence-electron chi connectivity index (χ2n) is 9.00. The van der Waals surface area contributed by atoms with Crippen molar-refractivity contribution in [2.75, 3.05) is 74.4 Å². The predicted molar refractivity (Wildman–Crippen MR) is 138 cm³/mol. The van der Waals surface area contributed by atoms with Crippen molar-refractivity contribution in [1.82, 2.24) is 0 Å². The number of carbonyl (C=O) groups excluding carboxylic acids is 2. The van der Waals surface area contributed by atoms with E-state index in [1.54, 1.807) is 17.0 Å². The molecule has 2 aromatic rings. The number of nitrogens with one attached hydrogen (secondary N) is 1. The minimum Gasteiger partial charge on any atom is -0.492 e. The number of rotatable bonds is 8. The molecule has 3 heterocycles. The molecule has 10 nitrogen and oxygen atoms in total. The van der Waals surface area contributed by atoms with Crippen LogP contribution < -0.4 is 34.1 Å². The molecule has 10 heteroatoms. The standard InChI is InChI=1S/C27H33N3O7/c1-3-34-23-16-21(29-7-9-33-10-8-29)24(35-4-2)15-20(23)28-27(32)18-13-26(31)30(17-18)19-5-6-22-25(14-19)37-12-11-36-22/h5-6,14-16,18H,3-4,7-13,17H2,1-2H3,(H,28,32)/t18-/m0/s1. The van der Waals surface area contributed by atoms with Crippen molar-refractivity contribution in [3.63, 3.8) is 0 Å². The number of hydrogen-bond donors (Lipinski definition) is 1. The van der Waals surface area contributed by atoms with E-state index < -0.39 is 5.92 Å². The maximum Gasteiger partial charge on any atom is 0.229 e. The van der Waals surface area contributed by atoms with E-state index in [-0.39, 0.29) is 24.8 Å². The zero-order chi connectivity index (χ0) is 25.8. The number of ether oxygens (including phenoxy) is 5. The average Bonchev–Trinajstić information content (AvgIpc) is 3.32. The second-order valence-corrected chi connectivity index (χ2v) is 9.00. The highest BCUT2D eigenvalue weighted by molar-refractivity contribution is 6.04. The fourth-order valence-electron chi connectivity index (χ4n) is 4.81. The van der Waals surface area contributed by atoms with Gasteiger partial charge in [-0.2, -0.15) is 0 Å². The van der Waals surface area contributed by atoms with Crippen molar-refractivity contribution in [3.05, 3.63) is 30.3 Å². The molecule has 3 aliphatic heterocycles. The Bertz CT molecular complexity index is 1150. The molecule has 0 spiro atoms. The van der Waals surface area contributed by atoms with E-state index in [9.17, 15) is 9.59 Å². The van der Waals surface area contributed by atoms with Crippen molar-refractivity contribution in [2.45, 2.75) is 20.3 Å². The van der Waals surface area contributed by atoms with Crippen LogP contribution in [-0.4, -0.2) is 71.1 Å². The van der Waals surface area contributed by atoms with Gasteiger partial charge < -0.3 is 38.8 Å². The number of morpholine rings is 1. The molecule has 0 radical (unpaired) electrons. The molecule has 1 N–H and O–H groups in total. The minimum atomic E-state index is -0.510. The third-order valence-electron chi connectivity index (χ3n) is 6.60. The maximum atomic E-state index is 13.3. The van der Waals surface area contributed by atoms with Crippen LogP contribution in [0.4, 0.5) is 17.1 Å². The summed E-state index contributed by atoms with van der Waals surface area (Å²) in [7, 11) is 0. The van der Waals surface area contributed by atoms with Crippen LogP contribution in [0.25, 0.3) is 0 Å². The molecule has 2 saturated heterocycles. The summed E-state index contributed by atoms with van der Waals surface area (Å²) < 4.78 is 28.6. The lowest BCUT2D eigenvalue weighted by atomic mass is 10.1. The van der Waals surface area contributed by atoms with Crippen LogP contribution in [0, 0.1) is 5.92 Å². The Labute approximate surface area is 216 Å². The van der Waals surface area contributed by atoms with Gasteiger partial charge >= 0.3 is 0 Å². The largest absolute Gasteiger partial charge is 0.492 e. The number of fused-ring (bicyclic) bond motifs is 1. The molecule has 2 aromatic carbocycles. The lowest BCUT2D eigenvalue weighted by Gasteiger charge is -2.31. The van der Waals surface area contributed by atoms with Crippen LogP contribution in [0.5, 0.6) is 23.0 Å². The van der Waals surface area contributed by atoms with Crippen molar-refractivity contribution in [1.29, 1.82) is 0 Å². The quantitative estimate of drug-likeness (QED) is 0.578. The van der Waals surface area contributed by atoms with Crippen LogP contribution in [-0.2, 0) is 14.3 Å². The number of anilines is 3. The summed E-state index contributed by atoms with van der Waals surface area (Å²) in [5.74, 6) is 1.64. The molecule has 37 heavy (non-hydrogen) atoms. The molecule has 2 fully saturated rings. The molecular weight excluding hydrogens is 478 g/mol. The van der Waals surface area contributed by atoms with Crippen LogP contribution in [0.3, 0.4) is 0 Å². The highest BCUT2D eigenvalue weighted by Gasteiger charge is 2.36. The first-order valence-electron chi connectivity index (χ1n) is 12.8. The van der Waals surface area contributed by atoms with E-state index in [2.05, 4.69) is 10.2 Å². The van der Waals surface area contributed by atoms with Gasteiger partial charge in [0, 0.05) is 49.9 Å². The van der Waals surface area contributed by atoms with Crippen LogP contribution in [0.15, 0.2) is 30.3 Å². The highest BCUT2D eigenvalue weighted by Crippen LogP contribution is 2.40. The van der Waals surface area contributed by atoms with Crippen LogP contribution >= 0.6 is 0 Å². The lowest BCUT2D eigenvalue weighted by Crippen LogP contribution is -2.36. The fraction of sp³-hybridized carbons (Fsp3) is 0.481. The first-order valence-corrected chi connectivity index (χ1v) is 12.8. The molecule has 0 bridgehead atoms. The van der Waals surface area contributed by atoms with Gasteiger partial charge in [0.15, 0.2) is 11.5 Å². The van der Waals surface area contributed by atoms with Crippen molar-refractivity contribution < 1.29 is 33.3 Å². The van der Waals surface area contributed by atoms with E-state index >= 15 is 0 Å².